The largest absolute Gasteiger partial charge is 0.508 e. The van der Waals surface area contributed by atoms with Gasteiger partial charge < -0.3 is 24.7 Å². The molecule has 0 saturated carbocycles. The molecule has 2 aromatic rings. The number of ether oxygens (including phenoxy) is 1. The summed E-state index contributed by atoms with van der Waals surface area (Å²) in [4.78, 5) is 29.3. The van der Waals surface area contributed by atoms with Crippen LogP contribution < -0.4 is 4.74 Å². The Bertz CT molecular complexity index is 1030. The van der Waals surface area contributed by atoms with Gasteiger partial charge in [-0.2, -0.15) is 0 Å². The van der Waals surface area contributed by atoms with Gasteiger partial charge in [0.15, 0.2) is 0 Å². The van der Waals surface area contributed by atoms with E-state index in [2.05, 4.69) is 0 Å². The molecule has 1 unspecified atom stereocenters. The van der Waals surface area contributed by atoms with E-state index in [-0.39, 0.29) is 17.1 Å². The number of likely N-dealkylation sites (tertiary alicyclic amines) is 1. The van der Waals surface area contributed by atoms with Crippen molar-refractivity contribution in [3.05, 3.63) is 64.7 Å². The molecule has 1 aliphatic rings. The summed E-state index contributed by atoms with van der Waals surface area (Å²) >= 11 is 0. The third kappa shape index (κ3) is 4.78. The zero-order valence-corrected chi connectivity index (χ0v) is 19.0. The molecule has 170 valence electrons. The summed E-state index contributed by atoms with van der Waals surface area (Å²) in [6, 6.07) is 10.8. The average Bonchev–Trinajstić information content (AvgIpc) is 3.01. The average molecular weight is 439 g/mol. The van der Waals surface area contributed by atoms with Gasteiger partial charge in [0.2, 0.25) is 0 Å². The van der Waals surface area contributed by atoms with Crippen LogP contribution in [0, 0.1) is 6.92 Å². The minimum Gasteiger partial charge on any atom is -0.508 e. The van der Waals surface area contributed by atoms with Crippen molar-refractivity contribution >= 4 is 17.4 Å². The summed E-state index contributed by atoms with van der Waals surface area (Å²) in [5, 5.41) is 20.8. The molecular formula is C25H30N2O5. The predicted molar refractivity (Wildman–Crippen MR) is 123 cm³/mol. The van der Waals surface area contributed by atoms with E-state index < -0.39 is 17.7 Å². The Labute approximate surface area is 188 Å². The molecule has 32 heavy (non-hydrogen) atoms. The third-order valence-corrected chi connectivity index (χ3v) is 5.45. The molecular weight excluding hydrogens is 408 g/mol. The van der Waals surface area contributed by atoms with Crippen LogP contribution >= 0.6 is 0 Å². The molecule has 2 aromatic carbocycles. The van der Waals surface area contributed by atoms with E-state index in [1.165, 1.54) is 17.0 Å². The summed E-state index contributed by atoms with van der Waals surface area (Å²) in [5.74, 6) is -0.796. The Balaban J connectivity index is 2.09. The van der Waals surface area contributed by atoms with Gasteiger partial charge in [-0.25, -0.2) is 0 Å². The van der Waals surface area contributed by atoms with E-state index >= 15 is 0 Å². The lowest BCUT2D eigenvalue weighted by Crippen LogP contribution is -2.35. The van der Waals surface area contributed by atoms with Crippen molar-refractivity contribution in [3.63, 3.8) is 0 Å². The third-order valence-electron chi connectivity index (χ3n) is 5.45. The zero-order chi connectivity index (χ0) is 23.4. The molecule has 0 spiro atoms. The molecule has 1 heterocycles. The molecule has 2 N–H and O–H groups in total. The first-order valence-corrected chi connectivity index (χ1v) is 10.7. The molecule has 0 aliphatic carbocycles. The van der Waals surface area contributed by atoms with E-state index in [1.54, 1.807) is 30.3 Å². The monoisotopic (exact) mass is 438 g/mol. The number of amides is 1. The second kappa shape index (κ2) is 9.87. The van der Waals surface area contributed by atoms with Crippen molar-refractivity contribution in [2.24, 2.45) is 0 Å². The highest BCUT2D eigenvalue weighted by Gasteiger charge is 2.45. The maximum Gasteiger partial charge on any atom is 0.295 e. The van der Waals surface area contributed by atoms with Crippen LogP contribution in [0.3, 0.4) is 0 Å². The van der Waals surface area contributed by atoms with Gasteiger partial charge in [0, 0.05) is 18.7 Å². The topological polar surface area (TPSA) is 90.3 Å². The molecule has 1 saturated heterocycles. The van der Waals surface area contributed by atoms with Gasteiger partial charge in [-0.3, -0.25) is 9.59 Å². The fourth-order valence-electron chi connectivity index (χ4n) is 3.75. The quantitative estimate of drug-likeness (QED) is 0.373. The number of nitrogens with zero attached hydrogens (tertiary/aromatic N) is 2. The summed E-state index contributed by atoms with van der Waals surface area (Å²) < 4.78 is 5.70. The van der Waals surface area contributed by atoms with Crippen molar-refractivity contribution in [1.82, 2.24) is 9.80 Å². The van der Waals surface area contributed by atoms with Crippen LogP contribution in [0.2, 0.25) is 0 Å². The van der Waals surface area contributed by atoms with Gasteiger partial charge >= 0.3 is 0 Å². The second-order valence-corrected chi connectivity index (χ2v) is 8.22. The number of hydrogen-bond donors (Lipinski definition) is 2. The number of aryl methyl sites for hydroxylation is 1. The molecule has 0 aromatic heterocycles. The van der Waals surface area contributed by atoms with Crippen LogP contribution in [-0.2, 0) is 9.59 Å². The molecule has 7 heteroatoms. The minimum absolute atomic E-state index is 0.0427. The summed E-state index contributed by atoms with van der Waals surface area (Å²) in [5.41, 5.74) is 1.95. The predicted octanol–water partition coefficient (Wildman–Crippen LogP) is 3.47. The first-order valence-electron chi connectivity index (χ1n) is 10.7. The van der Waals surface area contributed by atoms with Crippen LogP contribution in [0.1, 0.15) is 36.1 Å². The van der Waals surface area contributed by atoms with Gasteiger partial charge in [-0.1, -0.05) is 19.1 Å². The SMILES string of the molecule is CCCOc1ccc(/C(O)=C2/C(=O)C(=O)N(CCN(C)C)C2c2ccc(O)cc2)cc1C. The van der Waals surface area contributed by atoms with Crippen LogP contribution in [-0.4, -0.2) is 65.5 Å². The summed E-state index contributed by atoms with van der Waals surface area (Å²) in [6.45, 7) is 5.36. The fourth-order valence-corrected chi connectivity index (χ4v) is 3.75. The van der Waals surface area contributed by atoms with E-state index in [0.717, 1.165) is 12.0 Å². The molecule has 1 atom stereocenters. The number of aromatic hydroxyl groups is 1. The van der Waals surface area contributed by atoms with Crippen molar-refractivity contribution in [2.75, 3.05) is 33.8 Å². The van der Waals surface area contributed by atoms with Gasteiger partial charge in [0.05, 0.1) is 18.2 Å². The lowest BCUT2D eigenvalue weighted by Gasteiger charge is -2.26. The Morgan fingerprint density at radius 2 is 1.81 bits per heavy atom. The van der Waals surface area contributed by atoms with Crippen LogP contribution in [0.15, 0.2) is 48.0 Å². The molecule has 0 bridgehead atoms. The van der Waals surface area contributed by atoms with Gasteiger partial charge in [0.25, 0.3) is 11.7 Å². The fraction of sp³-hybridized carbons (Fsp3) is 0.360. The molecule has 1 fully saturated rings. The van der Waals surface area contributed by atoms with Gasteiger partial charge in [0.1, 0.15) is 17.3 Å². The van der Waals surface area contributed by atoms with Crippen molar-refractivity contribution in [3.8, 4) is 11.5 Å². The van der Waals surface area contributed by atoms with Crippen LogP contribution in [0.4, 0.5) is 0 Å². The Morgan fingerprint density at radius 1 is 1.12 bits per heavy atom. The number of carbonyl (C=O) groups is 2. The van der Waals surface area contributed by atoms with Gasteiger partial charge in [-0.05, 0) is 68.9 Å². The van der Waals surface area contributed by atoms with Crippen molar-refractivity contribution in [2.45, 2.75) is 26.3 Å². The number of phenolic OH excluding ortho intramolecular Hbond substituents is 1. The van der Waals surface area contributed by atoms with Crippen molar-refractivity contribution in [1.29, 1.82) is 0 Å². The number of aliphatic hydroxyl groups excluding tert-OH is 1. The number of carbonyl (C=O) groups excluding carboxylic acids is 2. The smallest absolute Gasteiger partial charge is 0.295 e. The number of aliphatic hydroxyl groups is 1. The summed E-state index contributed by atoms with van der Waals surface area (Å²) in [7, 11) is 3.77. The molecule has 1 amide bonds. The molecule has 7 nitrogen and oxygen atoms in total. The van der Waals surface area contributed by atoms with E-state index in [1.807, 2.05) is 32.8 Å². The molecule has 3 rings (SSSR count). The number of likely N-dealkylation sites (N-methyl/N-ethyl adjacent to an activating group) is 1. The highest BCUT2D eigenvalue weighted by atomic mass is 16.5. The van der Waals surface area contributed by atoms with Gasteiger partial charge in [-0.15, -0.1) is 0 Å². The Morgan fingerprint density at radius 3 is 2.41 bits per heavy atom. The lowest BCUT2D eigenvalue weighted by molar-refractivity contribution is -0.140. The number of phenols is 1. The summed E-state index contributed by atoms with van der Waals surface area (Å²) in [6.07, 6.45) is 0.879. The standard InChI is InChI=1S/C25H30N2O5/c1-5-14-32-20-11-8-18(15-16(20)2)23(29)21-22(17-6-9-19(28)10-7-17)27(13-12-26(3)4)25(31)24(21)30/h6-11,15,22,28-29H,5,12-14H2,1-4H3/b23-21-. The Hall–Kier alpha value is -3.32. The highest BCUT2D eigenvalue weighted by Crippen LogP contribution is 2.40. The first-order chi connectivity index (χ1) is 15.2. The first kappa shape index (κ1) is 23.3. The minimum atomic E-state index is -0.744. The second-order valence-electron chi connectivity index (χ2n) is 8.22. The number of Topliss-reactive ketones (excluding diaryl/α,β-unsaturated/α-hetero) is 1. The van der Waals surface area contributed by atoms with E-state index in [0.29, 0.717) is 36.6 Å². The lowest BCUT2D eigenvalue weighted by atomic mass is 9.94. The van der Waals surface area contributed by atoms with E-state index in [9.17, 15) is 19.8 Å². The number of rotatable bonds is 8. The Kier molecular flexibility index (Phi) is 7.20. The molecule has 0 radical (unpaired) electrons. The zero-order valence-electron chi connectivity index (χ0n) is 19.0. The normalized spacial score (nSPS) is 17.9. The number of benzene rings is 2. The highest BCUT2D eigenvalue weighted by molar-refractivity contribution is 6.46. The molecule has 1 aliphatic heterocycles. The van der Waals surface area contributed by atoms with E-state index in [4.69, 9.17) is 4.74 Å². The van der Waals surface area contributed by atoms with Crippen LogP contribution in [0.25, 0.3) is 5.76 Å². The van der Waals surface area contributed by atoms with Crippen molar-refractivity contribution < 1.29 is 24.5 Å². The maximum absolute atomic E-state index is 13.0. The maximum atomic E-state index is 13.0. The number of ketones is 1. The van der Waals surface area contributed by atoms with Crippen LogP contribution in [0.5, 0.6) is 11.5 Å². The number of hydrogen-bond acceptors (Lipinski definition) is 6.